The molecule has 2 nitrogen and oxygen atoms in total. The molecule has 0 aromatic carbocycles. The van der Waals surface area contributed by atoms with Crippen molar-refractivity contribution in [2.45, 2.75) is 82.2 Å². The topological polar surface area (TPSA) is 29.3 Å². The molecule has 4 rings (SSSR count). The lowest BCUT2D eigenvalue weighted by Gasteiger charge is -2.50. The minimum absolute atomic E-state index is 0.391. The van der Waals surface area contributed by atoms with E-state index < -0.39 is 0 Å². The number of likely N-dealkylation sites (tertiary alicyclic amines) is 1. The molecule has 0 aromatic rings. The van der Waals surface area contributed by atoms with Crippen LogP contribution in [0.1, 0.15) is 70.6 Å². The van der Waals surface area contributed by atoms with Crippen LogP contribution in [0.5, 0.6) is 0 Å². The van der Waals surface area contributed by atoms with Crippen LogP contribution in [0.25, 0.3) is 0 Å². The van der Waals surface area contributed by atoms with Crippen molar-refractivity contribution < 1.29 is 0 Å². The highest BCUT2D eigenvalue weighted by atomic mass is 15.3. The van der Waals surface area contributed by atoms with E-state index in [1.807, 2.05) is 0 Å². The van der Waals surface area contributed by atoms with E-state index in [4.69, 9.17) is 5.73 Å². The fourth-order valence-electron chi connectivity index (χ4n) is 5.91. The molecule has 2 heteroatoms. The summed E-state index contributed by atoms with van der Waals surface area (Å²) in [4.78, 5) is 2.94. The molecule has 114 valence electrons. The summed E-state index contributed by atoms with van der Waals surface area (Å²) in [5, 5.41) is 0. The van der Waals surface area contributed by atoms with Crippen LogP contribution in [0.3, 0.4) is 0 Å². The highest BCUT2D eigenvalue weighted by Crippen LogP contribution is 2.50. The minimum atomic E-state index is 0.391. The van der Waals surface area contributed by atoms with Gasteiger partial charge in [0.05, 0.1) is 0 Å². The molecule has 1 heterocycles. The van der Waals surface area contributed by atoms with Crippen LogP contribution in [0.15, 0.2) is 0 Å². The second-order valence-electron chi connectivity index (χ2n) is 8.22. The van der Waals surface area contributed by atoms with Crippen molar-refractivity contribution in [3.8, 4) is 0 Å². The van der Waals surface area contributed by atoms with Crippen LogP contribution in [0.4, 0.5) is 0 Å². The van der Waals surface area contributed by atoms with Gasteiger partial charge in [0.25, 0.3) is 0 Å². The molecule has 4 unspecified atom stereocenters. The Hall–Kier alpha value is -0.0800. The first-order chi connectivity index (χ1) is 9.82. The van der Waals surface area contributed by atoms with Crippen molar-refractivity contribution in [2.24, 2.45) is 23.5 Å². The quantitative estimate of drug-likeness (QED) is 0.854. The Labute approximate surface area is 124 Å². The lowest BCUT2D eigenvalue weighted by Crippen LogP contribution is -2.59. The molecular formula is C18H32N2. The summed E-state index contributed by atoms with van der Waals surface area (Å²) in [5.41, 5.74) is 6.77. The van der Waals surface area contributed by atoms with E-state index in [1.54, 1.807) is 0 Å². The minimum Gasteiger partial charge on any atom is -0.329 e. The van der Waals surface area contributed by atoms with Crippen LogP contribution in [-0.4, -0.2) is 29.6 Å². The van der Waals surface area contributed by atoms with Gasteiger partial charge in [0.2, 0.25) is 0 Å². The maximum atomic E-state index is 6.38. The Morgan fingerprint density at radius 2 is 1.65 bits per heavy atom. The fourth-order valence-corrected chi connectivity index (χ4v) is 5.91. The van der Waals surface area contributed by atoms with Gasteiger partial charge in [0.15, 0.2) is 0 Å². The first-order valence-electron chi connectivity index (χ1n) is 9.29. The van der Waals surface area contributed by atoms with Crippen LogP contribution in [0, 0.1) is 17.8 Å². The maximum Gasteiger partial charge on any atom is 0.0337 e. The summed E-state index contributed by atoms with van der Waals surface area (Å²) in [6.45, 7) is 2.27. The zero-order valence-electron chi connectivity index (χ0n) is 13.0. The molecule has 2 N–H and O–H groups in total. The van der Waals surface area contributed by atoms with Crippen molar-refractivity contribution in [1.82, 2.24) is 4.90 Å². The molecule has 1 saturated heterocycles. The maximum absolute atomic E-state index is 6.38. The summed E-state index contributed by atoms with van der Waals surface area (Å²) in [6, 6.07) is 0.894. The highest BCUT2D eigenvalue weighted by Gasteiger charge is 2.49. The summed E-state index contributed by atoms with van der Waals surface area (Å²) in [7, 11) is 0. The molecule has 3 saturated carbocycles. The van der Waals surface area contributed by atoms with Crippen molar-refractivity contribution >= 4 is 0 Å². The van der Waals surface area contributed by atoms with Crippen molar-refractivity contribution in [3.05, 3.63) is 0 Å². The number of hydrogen-bond acceptors (Lipinski definition) is 2. The standard InChI is InChI=1S/C18H32N2/c19-13-18(10-3-5-16(12-18)14-7-8-14)20-11-9-15-4-1-2-6-17(15)20/h14-17H,1-13,19H2. The van der Waals surface area contributed by atoms with E-state index in [1.165, 1.54) is 77.2 Å². The molecule has 4 atom stereocenters. The third-order valence-corrected chi connectivity index (χ3v) is 7.15. The zero-order valence-corrected chi connectivity index (χ0v) is 13.0. The van der Waals surface area contributed by atoms with Gasteiger partial charge >= 0.3 is 0 Å². The summed E-state index contributed by atoms with van der Waals surface area (Å²) in [5.74, 6) is 3.09. The van der Waals surface area contributed by atoms with Gasteiger partial charge in [0, 0.05) is 18.1 Å². The molecular weight excluding hydrogens is 244 g/mol. The molecule has 0 bridgehead atoms. The van der Waals surface area contributed by atoms with Gasteiger partial charge in [-0.25, -0.2) is 0 Å². The first kappa shape index (κ1) is 13.6. The fraction of sp³-hybridized carbons (Fsp3) is 1.00. The van der Waals surface area contributed by atoms with E-state index in [2.05, 4.69) is 4.90 Å². The Morgan fingerprint density at radius 1 is 0.850 bits per heavy atom. The van der Waals surface area contributed by atoms with E-state index >= 15 is 0 Å². The number of nitrogens with zero attached hydrogens (tertiary/aromatic N) is 1. The third-order valence-electron chi connectivity index (χ3n) is 7.15. The van der Waals surface area contributed by atoms with Crippen LogP contribution in [-0.2, 0) is 0 Å². The van der Waals surface area contributed by atoms with E-state index in [-0.39, 0.29) is 0 Å². The Bertz CT molecular complexity index is 351. The second kappa shape index (κ2) is 5.28. The number of rotatable bonds is 3. The average molecular weight is 276 g/mol. The van der Waals surface area contributed by atoms with Crippen molar-refractivity contribution in [3.63, 3.8) is 0 Å². The van der Waals surface area contributed by atoms with Crippen molar-refractivity contribution in [2.75, 3.05) is 13.1 Å². The van der Waals surface area contributed by atoms with Crippen LogP contribution >= 0.6 is 0 Å². The third kappa shape index (κ3) is 2.23. The van der Waals surface area contributed by atoms with E-state index in [0.29, 0.717) is 5.54 Å². The van der Waals surface area contributed by atoms with Crippen LogP contribution < -0.4 is 5.73 Å². The monoisotopic (exact) mass is 276 g/mol. The van der Waals surface area contributed by atoms with Gasteiger partial charge < -0.3 is 5.73 Å². The van der Waals surface area contributed by atoms with Gasteiger partial charge in [-0.15, -0.1) is 0 Å². The Morgan fingerprint density at radius 3 is 2.45 bits per heavy atom. The lowest BCUT2D eigenvalue weighted by molar-refractivity contribution is 0.00570. The lowest BCUT2D eigenvalue weighted by atomic mass is 9.72. The summed E-state index contributed by atoms with van der Waals surface area (Å²) < 4.78 is 0. The highest BCUT2D eigenvalue weighted by molar-refractivity contribution is 5.05. The Balaban J connectivity index is 1.53. The number of fused-ring (bicyclic) bond motifs is 1. The van der Waals surface area contributed by atoms with Gasteiger partial charge in [0.1, 0.15) is 0 Å². The molecule has 20 heavy (non-hydrogen) atoms. The predicted octanol–water partition coefficient (Wildman–Crippen LogP) is 3.55. The molecule has 4 fully saturated rings. The summed E-state index contributed by atoms with van der Waals surface area (Å²) >= 11 is 0. The zero-order chi connectivity index (χ0) is 13.6. The predicted molar refractivity (Wildman–Crippen MR) is 83.5 cm³/mol. The molecule has 3 aliphatic carbocycles. The average Bonchev–Trinajstić information content (AvgIpc) is 3.26. The largest absolute Gasteiger partial charge is 0.329 e. The second-order valence-corrected chi connectivity index (χ2v) is 8.22. The Kier molecular flexibility index (Phi) is 3.58. The molecule has 0 aromatic heterocycles. The van der Waals surface area contributed by atoms with Crippen molar-refractivity contribution in [1.29, 1.82) is 0 Å². The first-order valence-corrected chi connectivity index (χ1v) is 9.29. The molecule has 4 aliphatic rings. The molecule has 0 radical (unpaired) electrons. The molecule has 0 spiro atoms. The van der Waals surface area contributed by atoms with Crippen LogP contribution in [0.2, 0.25) is 0 Å². The van der Waals surface area contributed by atoms with Gasteiger partial charge in [-0.3, -0.25) is 4.90 Å². The normalized spacial score (nSPS) is 46.4. The molecule has 0 amide bonds. The van der Waals surface area contributed by atoms with Gasteiger partial charge in [-0.1, -0.05) is 25.7 Å². The van der Waals surface area contributed by atoms with Gasteiger partial charge in [-0.05, 0) is 69.2 Å². The smallest absolute Gasteiger partial charge is 0.0337 e. The van der Waals surface area contributed by atoms with E-state index in [0.717, 1.165) is 30.3 Å². The van der Waals surface area contributed by atoms with Gasteiger partial charge in [-0.2, -0.15) is 0 Å². The van der Waals surface area contributed by atoms with E-state index in [9.17, 15) is 0 Å². The number of hydrogen-bond donors (Lipinski definition) is 1. The summed E-state index contributed by atoms with van der Waals surface area (Å²) in [6.07, 6.45) is 16.1. The number of nitrogens with two attached hydrogens (primary N) is 1. The molecule has 1 aliphatic heterocycles. The SMILES string of the molecule is NCC1(N2CCC3CCCCC32)CCCC(C2CC2)C1.